The van der Waals surface area contributed by atoms with Crippen LogP contribution in [0.5, 0.6) is 5.75 Å². The highest BCUT2D eigenvalue weighted by Gasteiger charge is 2.19. The van der Waals surface area contributed by atoms with Gasteiger partial charge in [-0.3, -0.25) is 5.10 Å². The van der Waals surface area contributed by atoms with Gasteiger partial charge in [0.1, 0.15) is 18.2 Å². The van der Waals surface area contributed by atoms with Crippen LogP contribution in [0.3, 0.4) is 0 Å². The van der Waals surface area contributed by atoms with Gasteiger partial charge in [-0.25, -0.2) is 9.18 Å². The molecule has 0 bridgehead atoms. The van der Waals surface area contributed by atoms with E-state index in [2.05, 4.69) is 10.2 Å². The number of hydrogen-bond acceptors (Lipinski definition) is 5. The van der Waals surface area contributed by atoms with E-state index in [4.69, 9.17) is 14.2 Å². The van der Waals surface area contributed by atoms with E-state index in [-0.39, 0.29) is 6.10 Å². The lowest BCUT2D eigenvalue weighted by Crippen LogP contribution is -2.16. The van der Waals surface area contributed by atoms with E-state index in [1.807, 2.05) is 6.07 Å². The lowest BCUT2D eigenvalue weighted by atomic mass is 9.99. The number of aromatic nitrogens is 2. The number of nitrogens with one attached hydrogen (secondary N) is 1. The largest absolute Gasteiger partial charge is 0.490 e. The van der Waals surface area contributed by atoms with Crippen LogP contribution >= 0.6 is 0 Å². The number of carbonyl (C=O) groups is 1. The topological polar surface area (TPSA) is 73.4 Å². The number of hydrogen-bond donors (Lipinski definition) is 1. The number of aromatic amines is 1. The Morgan fingerprint density at radius 2 is 2.26 bits per heavy atom. The number of halogens is 1. The molecular formula is C20H19FN2O4. The molecule has 0 amide bonds. The second kappa shape index (κ2) is 7.36. The fourth-order valence-corrected chi connectivity index (χ4v) is 3.30. The normalized spacial score (nSPS) is 16.6. The van der Waals surface area contributed by atoms with Crippen molar-refractivity contribution in [3.8, 4) is 16.9 Å². The highest BCUT2D eigenvalue weighted by molar-refractivity contribution is 6.05. The minimum atomic E-state index is -0.485. The zero-order valence-corrected chi connectivity index (χ0v) is 14.8. The fourth-order valence-electron chi connectivity index (χ4n) is 3.30. The minimum Gasteiger partial charge on any atom is -0.490 e. The molecule has 3 aromatic rings. The summed E-state index contributed by atoms with van der Waals surface area (Å²) < 4.78 is 30.3. The Bertz CT molecular complexity index is 979. The van der Waals surface area contributed by atoms with Crippen LogP contribution in [0.1, 0.15) is 23.2 Å². The third kappa shape index (κ3) is 3.50. The van der Waals surface area contributed by atoms with Crippen molar-refractivity contribution >= 4 is 16.9 Å². The van der Waals surface area contributed by atoms with Crippen LogP contribution in [0, 0.1) is 5.82 Å². The molecule has 1 atom stereocenters. The molecule has 1 fully saturated rings. The fraction of sp³-hybridized carbons (Fsp3) is 0.300. The Labute approximate surface area is 155 Å². The molecule has 0 radical (unpaired) electrons. The highest BCUT2D eigenvalue weighted by atomic mass is 19.1. The monoisotopic (exact) mass is 370 g/mol. The molecule has 0 saturated carbocycles. The third-order valence-electron chi connectivity index (χ3n) is 4.67. The summed E-state index contributed by atoms with van der Waals surface area (Å²) in [7, 11) is 1.32. The van der Waals surface area contributed by atoms with E-state index < -0.39 is 11.8 Å². The molecule has 140 valence electrons. The van der Waals surface area contributed by atoms with E-state index in [0.717, 1.165) is 19.4 Å². The van der Waals surface area contributed by atoms with Crippen molar-refractivity contribution in [1.82, 2.24) is 10.2 Å². The average Bonchev–Trinajstić information content (AvgIpc) is 3.37. The molecule has 4 rings (SSSR count). The molecule has 2 aromatic carbocycles. The van der Waals surface area contributed by atoms with E-state index in [1.54, 1.807) is 18.3 Å². The first-order valence-electron chi connectivity index (χ1n) is 8.75. The molecule has 0 aliphatic carbocycles. The van der Waals surface area contributed by atoms with Crippen LogP contribution in [0.25, 0.3) is 22.0 Å². The van der Waals surface area contributed by atoms with Crippen molar-refractivity contribution in [2.45, 2.75) is 18.9 Å². The Balaban J connectivity index is 1.75. The predicted octanol–water partition coefficient (Wildman–Crippen LogP) is 3.71. The maximum atomic E-state index is 14.0. The van der Waals surface area contributed by atoms with Gasteiger partial charge in [0, 0.05) is 17.6 Å². The van der Waals surface area contributed by atoms with Crippen molar-refractivity contribution in [1.29, 1.82) is 0 Å². The van der Waals surface area contributed by atoms with Crippen LogP contribution in [-0.4, -0.2) is 42.6 Å². The maximum absolute atomic E-state index is 14.0. The molecule has 1 aliphatic heterocycles. The Morgan fingerprint density at radius 1 is 1.37 bits per heavy atom. The minimum absolute atomic E-state index is 0.0450. The molecule has 1 aliphatic rings. The third-order valence-corrected chi connectivity index (χ3v) is 4.67. The van der Waals surface area contributed by atoms with Gasteiger partial charge in [-0.15, -0.1) is 0 Å². The van der Waals surface area contributed by atoms with E-state index in [1.165, 1.54) is 19.2 Å². The number of methoxy groups -OCH3 is 1. The number of rotatable bonds is 5. The quantitative estimate of drug-likeness (QED) is 0.693. The standard InChI is InChI=1S/C20H19FN2O4/c1-25-20(24)16-7-12(8-18-17(16)10-22-23-18)15-9-13(21)4-5-19(15)27-11-14-3-2-6-26-14/h4-5,7-10,14H,2-3,6,11H2,1H3,(H,22,23). The smallest absolute Gasteiger partial charge is 0.338 e. The van der Waals surface area contributed by atoms with Crippen molar-refractivity contribution in [3.63, 3.8) is 0 Å². The molecule has 1 N–H and O–H groups in total. The van der Waals surface area contributed by atoms with Gasteiger partial charge in [-0.05, 0) is 48.7 Å². The van der Waals surface area contributed by atoms with Crippen molar-refractivity contribution in [2.75, 3.05) is 20.3 Å². The van der Waals surface area contributed by atoms with Gasteiger partial charge >= 0.3 is 5.97 Å². The Hall–Kier alpha value is -2.93. The van der Waals surface area contributed by atoms with E-state index >= 15 is 0 Å². The number of H-pyrrole nitrogens is 1. The van der Waals surface area contributed by atoms with Gasteiger partial charge in [0.05, 0.1) is 30.5 Å². The molecular weight excluding hydrogens is 351 g/mol. The van der Waals surface area contributed by atoms with Crippen LogP contribution in [0.4, 0.5) is 4.39 Å². The molecule has 6 nitrogen and oxygen atoms in total. The second-order valence-corrected chi connectivity index (χ2v) is 6.43. The average molecular weight is 370 g/mol. The number of carbonyl (C=O) groups excluding carboxylic acids is 1. The zero-order valence-electron chi connectivity index (χ0n) is 14.8. The first-order chi connectivity index (χ1) is 13.2. The number of esters is 1. The van der Waals surface area contributed by atoms with Crippen LogP contribution in [0.15, 0.2) is 36.5 Å². The van der Waals surface area contributed by atoms with Gasteiger partial charge in [-0.2, -0.15) is 5.10 Å². The first-order valence-corrected chi connectivity index (χ1v) is 8.75. The molecule has 7 heteroatoms. The summed E-state index contributed by atoms with van der Waals surface area (Å²) in [5.41, 5.74) is 2.19. The Kier molecular flexibility index (Phi) is 4.77. The number of fused-ring (bicyclic) bond motifs is 1. The summed E-state index contributed by atoms with van der Waals surface area (Å²) in [4.78, 5) is 12.2. The highest BCUT2D eigenvalue weighted by Crippen LogP contribution is 2.34. The van der Waals surface area contributed by atoms with Crippen molar-refractivity contribution < 1.29 is 23.4 Å². The molecule has 27 heavy (non-hydrogen) atoms. The summed E-state index contributed by atoms with van der Waals surface area (Å²) >= 11 is 0. The molecule has 1 saturated heterocycles. The van der Waals surface area contributed by atoms with Crippen LogP contribution in [-0.2, 0) is 9.47 Å². The van der Waals surface area contributed by atoms with Crippen LogP contribution in [0.2, 0.25) is 0 Å². The van der Waals surface area contributed by atoms with Crippen LogP contribution < -0.4 is 4.74 Å². The zero-order chi connectivity index (χ0) is 18.8. The van der Waals surface area contributed by atoms with Gasteiger partial charge < -0.3 is 14.2 Å². The Morgan fingerprint density at radius 3 is 3.04 bits per heavy atom. The number of nitrogens with zero attached hydrogens (tertiary/aromatic N) is 1. The lowest BCUT2D eigenvalue weighted by molar-refractivity contribution is 0.0603. The second-order valence-electron chi connectivity index (χ2n) is 6.43. The summed E-state index contributed by atoms with van der Waals surface area (Å²) in [5.74, 6) is -0.346. The van der Waals surface area contributed by atoms with Gasteiger partial charge in [-0.1, -0.05) is 0 Å². The lowest BCUT2D eigenvalue weighted by Gasteiger charge is -2.15. The maximum Gasteiger partial charge on any atom is 0.338 e. The van der Waals surface area contributed by atoms with E-state index in [9.17, 15) is 9.18 Å². The van der Waals surface area contributed by atoms with Gasteiger partial charge in [0.2, 0.25) is 0 Å². The summed E-state index contributed by atoms with van der Waals surface area (Å²) in [6, 6.07) is 7.81. The SMILES string of the molecule is COC(=O)c1cc(-c2cc(F)ccc2OCC2CCCO2)cc2[nH]ncc12. The first kappa shape index (κ1) is 17.5. The van der Waals surface area contributed by atoms with Crippen molar-refractivity contribution in [3.05, 3.63) is 47.9 Å². The predicted molar refractivity (Wildman–Crippen MR) is 97.3 cm³/mol. The van der Waals surface area contributed by atoms with Crippen molar-refractivity contribution in [2.24, 2.45) is 0 Å². The molecule has 1 aromatic heterocycles. The van der Waals surface area contributed by atoms with Gasteiger partial charge in [0.25, 0.3) is 0 Å². The summed E-state index contributed by atoms with van der Waals surface area (Å²) in [6.07, 6.45) is 3.57. The molecule has 0 spiro atoms. The number of benzene rings is 2. The van der Waals surface area contributed by atoms with Gasteiger partial charge in [0.15, 0.2) is 0 Å². The van der Waals surface area contributed by atoms with E-state index in [0.29, 0.717) is 39.9 Å². The molecule has 1 unspecified atom stereocenters. The number of ether oxygens (including phenoxy) is 3. The summed E-state index contributed by atoms with van der Waals surface area (Å²) in [5, 5.41) is 7.48. The summed E-state index contributed by atoms with van der Waals surface area (Å²) in [6.45, 7) is 1.14. The molecule has 2 heterocycles.